The lowest BCUT2D eigenvalue weighted by molar-refractivity contribution is 0.0886. The molecule has 1 aliphatic heterocycles. The van der Waals surface area contributed by atoms with E-state index in [1.807, 2.05) is 12.1 Å². The molecular formula is C18H28N4O2. The Morgan fingerprint density at radius 2 is 1.96 bits per heavy atom. The largest absolute Gasteiger partial charge is 0.352 e. The summed E-state index contributed by atoms with van der Waals surface area (Å²) in [6.07, 6.45) is 3.77. The molecular weight excluding hydrogens is 304 g/mol. The molecule has 2 rings (SSSR count). The molecule has 0 unspecified atom stereocenters. The van der Waals surface area contributed by atoms with Crippen molar-refractivity contribution in [2.24, 2.45) is 5.73 Å². The maximum absolute atomic E-state index is 12.3. The second-order valence-electron chi connectivity index (χ2n) is 6.56. The van der Waals surface area contributed by atoms with E-state index in [2.05, 4.69) is 29.4 Å². The number of amides is 3. The van der Waals surface area contributed by atoms with Gasteiger partial charge in [-0.15, -0.1) is 0 Å². The summed E-state index contributed by atoms with van der Waals surface area (Å²) in [7, 11) is 0. The Labute approximate surface area is 143 Å². The van der Waals surface area contributed by atoms with Crippen LogP contribution in [-0.4, -0.2) is 42.0 Å². The van der Waals surface area contributed by atoms with Gasteiger partial charge in [0.15, 0.2) is 0 Å². The molecule has 1 aromatic rings. The smallest absolute Gasteiger partial charge is 0.312 e. The Bertz CT molecular complexity index is 559. The maximum atomic E-state index is 12.3. The quantitative estimate of drug-likeness (QED) is 0.743. The third-order valence-corrected chi connectivity index (χ3v) is 4.66. The Morgan fingerprint density at radius 1 is 1.25 bits per heavy atom. The van der Waals surface area contributed by atoms with Gasteiger partial charge in [0, 0.05) is 30.7 Å². The number of likely N-dealkylation sites (tertiary alicyclic amines) is 1. The fourth-order valence-corrected chi connectivity index (χ4v) is 3.20. The minimum absolute atomic E-state index is 0.0686. The van der Waals surface area contributed by atoms with E-state index in [4.69, 9.17) is 5.73 Å². The van der Waals surface area contributed by atoms with Gasteiger partial charge in [0.1, 0.15) is 0 Å². The average molecular weight is 332 g/mol. The van der Waals surface area contributed by atoms with Crippen LogP contribution in [0.1, 0.15) is 49.0 Å². The van der Waals surface area contributed by atoms with Crippen molar-refractivity contribution < 1.29 is 9.59 Å². The van der Waals surface area contributed by atoms with E-state index in [-0.39, 0.29) is 5.91 Å². The van der Waals surface area contributed by atoms with Crippen LogP contribution >= 0.6 is 0 Å². The van der Waals surface area contributed by atoms with Crippen molar-refractivity contribution in [1.82, 2.24) is 15.5 Å². The molecule has 0 bridgehead atoms. The second kappa shape index (κ2) is 8.68. The molecule has 0 spiro atoms. The van der Waals surface area contributed by atoms with Crippen molar-refractivity contribution in [3.63, 3.8) is 0 Å². The number of carbonyl (C=O) groups excluding carboxylic acids is 2. The third kappa shape index (κ3) is 5.23. The molecule has 1 saturated heterocycles. The van der Waals surface area contributed by atoms with Crippen LogP contribution < -0.4 is 16.4 Å². The average Bonchev–Trinajstić information content (AvgIpc) is 2.58. The molecule has 132 valence electrons. The number of piperidine rings is 1. The zero-order valence-corrected chi connectivity index (χ0v) is 14.5. The van der Waals surface area contributed by atoms with Gasteiger partial charge in [0.05, 0.1) is 0 Å². The minimum atomic E-state index is -0.558. The lowest BCUT2D eigenvalue weighted by Crippen LogP contribution is -2.48. The van der Waals surface area contributed by atoms with Crippen molar-refractivity contribution in [1.29, 1.82) is 0 Å². The Morgan fingerprint density at radius 3 is 2.58 bits per heavy atom. The standard InChI is InChI=1S/C18H28N4O2/c1-13-5-3-4-10-22(13)14(2)11-20-17(23)16-8-6-15(7-9-16)12-21-18(19)24/h6-9,13-14H,3-5,10-12H2,1-2H3,(H,20,23)(H3,19,21,24)/t13-,14-/m0/s1. The van der Waals surface area contributed by atoms with E-state index >= 15 is 0 Å². The molecule has 6 heteroatoms. The fraction of sp³-hybridized carbons (Fsp3) is 0.556. The van der Waals surface area contributed by atoms with Gasteiger partial charge in [0.25, 0.3) is 5.91 Å². The topological polar surface area (TPSA) is 87.5 Å². The molecule has 0 radical (unpaired) electrons. The first-order chi connectivity index (χ1) is 11.5. The fourth-order valence-electron chi connectivity index (χ4n) is 3.20. The van der Waals surface area contributed by atoms with Gasteiger partial charge < -0.3 is 16.4 Å². The zero-order chi connectivity index (χ0) is 17.5. The highest BCUT2D eigenvalue weighted by Gasteiger charge is 2.23. The molecule has 6 nitrogen and oxygen atoms in total. The van der Waals surface area contributed by atoms with Gasteiger partial charge in [-0.3, -0.25) is 9.69 Å². The highest BCUT2D eigenvalue weighted by Crippen LogP contribution is 2.18. The number of primary amides is 1. The maximum Gasteiger partial charge on any atom is 0.312 e. The van der Waals surface area contributed by atoms with Crippen LogP contribution in [0.15, 0.2) is 24.3 Å². The Hall–Kier alpha value is -2.08. The van der Waals surface area contributed by atoms with Crippen LogP contribution in [0.3, 0.4) is 0 Å². The molecule has 0 aromatic heterocycles. The zero-order valence-electron chi connectivity index (χ0n) is 14.5. The van der Waals surface area contributed by atoms with Gasteiger partial charge in [-0.1, -0.05) is 18.6 Å². The normalized spacial score (nSPS) is 19.5. The highest BCUT2D eigenvalue weighted by molar-refractivity contribution is 5.94. The lowest BCUT2D eigenvalue weighted by Gasteiger charge is -2.38. The van der Waals surface area contributed by atoms with Crippen LogP contribution in [0.4, 0.5) is 4.79 Å². The van der Waals surface area contributed by atoms with E-state index in [0.717, 1.165) is 12.1 Å². The summed E-state index contributed by atoms with van der Waals surface area (Å²) in [5.74, 6) is -0.0686. The van der Waals surface area contributed by atoms with Gasteiger partial charge in [-0.05, 0) is 50.9 Å². The molecule has 24 heavy (non-hydrogen) atoms. The number of carbonyl (C=O) groups is 2. The first kappa shape index (κ1) is 18.3. The highest BCUT2D eigenvalue weighted by atomic mass is 16.2. The van der Waals surface area contributed by atoms with Crippen molar-refractivity contribution in [2.45, 2.75) is 51.7 Å². The molecule has 1 heterocycles. The number of hydrogen-bond donors (Lipinski definition) is 3. The van der Waals surface area contributed by atoms with Gasteiger partial charge >= 0.3 is 6.03 Å². The summed E-state index contributed by atoms with van der Waals surface area (Å²) < 4.78 is 0. The SMILES string of the molecule is C[C@H]1CCCCN1[C@@H](C)CNC(=O)c1ccc(CNC(N)=O)cc1. The summed E-state index contributed by atoms with van der Waals surface area (Å²) in [5, 5.41) is 5.54. The summed E-state index contributed by atoms with van der Waals surface area (Å²) in [4.78, 5) is 25.4. The summed E-state index contributed by atoms with van der Waals surface area (Å²) >= 11 is 0. The number of nitrogens with zero attached hydrogens (tertiary/aromatic N) is 1. The van der Waals surface area contributed by atoms with Gasteiger partial charge in [0.2, 0.25) is 0 Å². The molecule has 0 aliphatic carbocycles. The van der Waals surface area contributed by atoms with Crippen LogP contribution in [-0.2, 0) is 6.54 Å². The Kier molecular flexibility index (Phi) is 6.61. The predicted molar refractivity (Wildman–Crippen MR) is 94.7 cm³/mol. The van der Waals surface area contributed by atoms with E-state index in [0.29, 0.717) is 30.7 Å². The van der Waals surface area contributed by atoms with Crippen LogP contribution in [0.5, 0.6) is 0 Å². The van der Waals surface area contributed by atoms with Crippen molar-refractivity contribution in [2.75, 3.05) is 13.1 Å². The molecule has 2 atom stereocenters. The van der Waals surface area contributed by atoms with Crippen LogP contribution in [0.2, 0.25) is 0 Å². The molecule has 1 fully saturated rings. The second-order valence-corrected chi connectivity index (χ2v) is 6.56. The number of rotatable bonds is 6. The van der Waals surface area contributed by atoms with E-state index in [9.17, 15) is 9.59 Å². The molecule has 1 aromatic carbocycles. The minimum Gasteiger partial charge on any atom is -0.352 e. The molecule has 4 N–H and O–H groups in total. The number of urea groups is 1. The number of hydrogen-bond acceptors (Lipinski definition) is 3. The van der Waals surface area contributed by atoms with E-state index < -0.39 is 6.03 Å². The van der Waals surface area contributed by atoms with Crippen LogP contribution in [0, 0.1) is 0 Å². The van der Waals surface area contributed by atoms with Crippen molar-refractivity contribution >= 4 is 11.9 Å². The number of benzene rings is 1. The van der Waals surface area contributed by atoms with Gasteiger partial charge in [-0.25, -0.2) is 4.79 Å². The first-order valence-corrected chi connectivity index (χ1v) is 8.63. The molecule has 1 aliphatic rings. The van der Waals surface area contributed by atoms with Crippen LogP contribution in [0.25, 0.3) is 0 Å². The lowest BCUT2D eigenvalue weighted by atomic mass is 10.0. The van der Waals surface area contributed by atoms with Gasteiger partial charge in [-0.2, -0.15) is 0 Å². The molecule has 0 saturated carbocycles. The monoisotopic (exact) mass is 332 g/mol. The third-order valence-electron chi connectivity index (χ3n) is 4.66. The van der Waals surface area contributed by atoms with E-state index in [1.54, 1.807) is 12.1 Å². The van der Waals surface area contributed by atoms with Crippen molar-refractivity contribution in [3.8, 4) is 0 Å². The van der Waals surface area contributed by atoms with E-state index in [1.165, 1.54) is 19.3 Å². The predicted octanol–water partition coefficient (Wildman–Crippen LogP) is 1.85. The molecule has 3 amide bonds. The summed E-state index contributed by atoms with van der Waals surface area (Å²) in [6, 6.07) is 7.54. The number of nitrogens with one attached hydrogen (secondary N) is 2. The Balaban J connectivity index is 1.82. The number of nitrogens with two attached hydrogens (primary N) is 1. The first-order valence-electron chi connectivity index (χ1n) is 8.63. The van der Waals surface area contributed by atoms with Crippen molar-refractivity contribution in [3.05, 3.63) is 35.4 Å². The summed E-state index contributed by atoms with van der Waals surface area (Å²) in [5.41, 5.74) is 6.56. The summed E-state index contributed by atoms with van der Waals surface area (Å²) in [6.45, 7) is 6.55.